The van der Waals surface area contributed by atoms with E-state index in [9.17, 15) is 0 Å². The van der Waals surface area contributed by atoms with Crippen molar-refractivity contribution in [2.24, 2.45) is 0 Å². The van der Waals surface area contributed by atoms with Crippen LogP contribution in [0.3, 0.4) is 0 Å². The molecule has 3 aliphatic rings. The van der Waals surface area contributed by atoms with Gasteiger partial charge >= 0.3 is 0 Å². The number of anilines is 9. The maximum Gasteiger partial charge on any atom is 0.264 e. The highest BCUT2D eigenvalue weighted by Gasteiger charge is 2.50. The zero-order valence-corrected chi connectivity index (χ0v) is 43.9. The SMILES string of the molecule is CC(C)(C)c1ccc(N2c3cc(N(c4ccccc4)c4ccccc4)cc4c3B(c3ccc5c(c32)C(C)(C)CCC5(C)C)c2sc3ccccc3c2N4c2ccc(C(C)(C)C)cc2-c2ccccc2)cc1. The van der Waals surface area contributed by atoms with Crippen LogP contribution in [0.15, 0.2) is 182 Å². The largest absolute Gasteiger partial charge is 0.311 e. The quantitative estimate of drug-likeness (QED) is 0.154. The van der Waals surface area contributed by atoms with E-state index in [2.05, 4.69) is 266 Å². The van der Waals surface area contributed by atoms with E-state index in [1.54, 1.807) is 0 Å². The molecule has 0 radical (unpaired) electrons. The number of rotatable bonds is 6. The van der Waals surface area contributed by atoms with Gasteiger partial charge in [-0.3, -0.25) is 0 Å². The van der Waals surface area contributed by atoms with E-state index in [0.717, 1.165) is 29.9 Å². The third kappa shape index (κ3) is 7.37. The first-order valence-electron chi connectivity index (χ1n) is 25.7. The van der Waals surface area contributed by atoms with E-state index in [4.69, 9.17) is 0 Å². The Morgan fingerprint density at radius 1 is 0.507 bits per heavy atom. The molecule has 0 saturated heterocycles. The van der Waals surface area contributed by atoms with Crippen LogP contribution in [-0.2, 0) is 21.7 Å². The average molecular weight is 942 g/mol. The van der Waals surface area contributed by atoms with Crippen molar-refractivity contribution in [2.75, 3.05) is 14.7 Å². The molecule has 0 amide bonds. The van der Waals surface area contributed by atoms with Crippen molar-refractivity contribution >= 4 is 95.0 Å². The Kier molecular flexibility index (Phi) is 10.4. The first-order chi connectivity index (χ1) is 34.0. The van der Waals surface area contributed by atoms with Gasteiger partial charge in [0.2, 0.25) is 0 Å². The van der Waals surface area contributed by atoms with E-state index < -0.39 is 0 Å². The summed E-state index contributed by atoms with van der Waals surface area (Å²) in [5.74, 6) is 0. The van der Waals surface area contributed by atoms with E-state index in [1.807, 2.05) is 11.3 Å². The van der Waals surface area contributed by atoms with Crippen LogP contribution in [0.1, 0.15) is 104 Å². The van der Waals surface area contributed by atoms with Crippen LogP contribution in [0.25, 0.3) is 21.2 Å². The predicted molar refractivity (Wildman–Crippen MR) is 309 cm³/mol. The van der Waals surface area contributed by atoms with Crippen LogP contribution < -0.4 is 30.4 Å². The molecule has 71 heavy (non-hydrogen) atoms. The zero-order chi connectivity index (χ0) is 49.2. The fraction of sp³-hybridized carbons (Fsp3) is 0.242. The number of hydrogen-bond acceptors (Lipinski definition) is 4. The summed E-state index contributed by atoms with van der Waals surface area (Å²) in [7, 11) is 0. The van der Waals surface area contributed by atoms with E-state index in [1.165, 1.54) is 93.3 Å². The molecule has 3 heterocycles. The van der Waals surface area contributed by atoms with Gasteiger partial charge < -0.3 is 14.7 Å². The van der Waals surface area contributed by atoms with E-state index in [-0.39, 0.29) is 28.4 Å². The van der Waals surface area contributed by atoms with Crippen molar-refractivity contribution < 1.29 is 0 Å². The summed E-state index contributed by atoms with van der Waals surface area (Å²) in [5, 5.41) is 1.29. The van der Waals surface area contributed by atoms with Gasteiger partial charge in [0.05, 0.1) is 17.1 Å². The molecule has 1 aliphatic carbocycles. The maximum atomic E-state index is 2.70. The Hall–Kier alpha value is -6.82. The summed E-state index contributed by atoms with van der Waals surface area (Å²) in [4.78, 5) is 7.84. The van der Waals surface area contributed by atoms with Gasteiger partial charge in [0.25, 0.3) is 6.71 Å². The number of nitrogens with zero attached hydrogens (tertiary/aromatic N) is 3. The van der Waals surface area contributed by atoms with Gasteiger partial charge in [0.15, 0.2) is 0 Å². The van der Waals surface area contributed by atoms with E-state index in [0.29, 0.717) is 0 Å². The third-order valence-electron chi connectivity index (χ3n) is 16.0. The number of hydrogen-bond donors (Lipinski definition) is 0. The Labute approximate surface area is 426 Å². The Morgan fingerprint density at radius 2 is 1.07 bits per heavy atom. The fourth-order valence-electron chi connectivity index (χ4n) is 12.0. The van der Waals surface area contributed by atoms with Gasteiger partial charge in [-0.15, -0.1) is 11.3 Å². The maximum absolute atomic E-state index is 2.70. The summed E-state index contributed by atoms with van der Waals surface area (Å²) in [6.45, 7) is 23.9. The zero-order valence-electron chi connectivity index (χ0n) is 43.1. The van der Waals surface area contributed by atoms with Crippen molar-refractivity contribution in [3.05, 3.63) is 204 Å². The summed E-state index contributed by atoms with van der Waals surface area (Å²) < 4.78 is 2.70. The lowest BCUT2D eigenvalue weighted by molar-refractivity contribution is 0.333. The second-order valence-electron chi connectivity index (χ2n) is 23.7. The van der Waals surface area contributed by atoms with Crippen molar-refractivity contribution in [1.29, 1.82) is 0 Å². The van der Waals surface area contributed by atoms with Crippen LogP contribution >= 0.6 is 11.3 Å². The van der Waals surface area contributed by atoms with Crippen molar-refractivity contribution in [2.45, 2.75) is 104 Å². The Bertz CT molecular complexity index is 3460. The fourth-order valence-corrected chi connectivity index (χ4v) is 13.4. The normalized spacial score (nSPS) is 15.5. The van der Waals surface area contributed by atoms with Gasteiger partial charge in [0.1, 0.15) is 0 Å². The first kappa shape index (κ1) is 45.3. The van der Waals surface area contributed by atoms with Crippen LogP contribution in [0.2, 0.25) is 0 Å². The minimum absolute atomic E-state index is 0.0106. The highest BCUT2D eigenvalue weighted by molar-refractivity contribution is 7.33. The summed E-state index contributed by atoms with van der Waals surface area (Å²) >= 11 is 1.98. The number of benzene rings is 8. The summed E-state index contributed by atoms with van der Waals surface area (Å²) in [6, 6.07) is 69.1. The van der Waals surface area contributed by atoms with Crippen LogP contribution in [0.4, 0.5) is 51.2 Å². The Morgan fingerprint density at radius 3 is 1.70 bits per heavy atom. The molecule has 0 atom stereocenters. The molecule has 5 heteroatoms. The molecule has 3 nitrogen and oxygen atoms in total. The lowest BCUT2D eigenvalue weighted by atomic mass is 9.35. The third-order valence-corrected chi connectivity index (χ3v) is 17.2. The van der Waals surface area contributed by atoms with Crippen molar-refractivity contribution in [3.8, 4) is 11.1 Å². The summed E-state index contributed by atoms with van der Waals surface area (Å²) in [5.41, 5.74) is 21.4. The molecule has 0 unspecified atom stereocenters. The Balaban J connectivity index is 1.27. The van der Waals surface area contributed by atoms with Crippen molar-refractivity contribution in [1.82, 2.24) is 0 Å². The monoisotopic (exact) mass is 941 g/mol. The molecular formula is C66H64BN3S. The molecule has 9 aromatic rings. The molecule has 0 fully saturated rings. The van der Waals surface area contributed by atoms with Gasteiger partial charge in [-0.25, -0.2) is 0 Å². The summed E-state index contributed by atoms with van der Waals surface area (Å²) in [6.07, 6.45) is 2.27. The molecule has 0 N–H and O–H groups in total. The second-order valence-corrected chi connectivity index (χ2v) is 24.7. The van der Waals surface area contributed by atoms with Gasteiger partial charge in [-0.2, -0.15) is 0 Å². The second kappa shape index (κ2) is 16.4. The molecule has 12 rings (SSSR count). The van der Waals surface area contributed by atoms with Gasteiger partial charge in [-0.1, -0.05) is 184 Å². The smallest absolute Gasteiger partial charge is 0.264 e. The van der Waals surface area contributed by atoms with Crippen LogP contribution in [-0.4, -0.2) is 6.71 Å². The predicted octanol–water partition coefficient (Wildman–Crippen LogP) is 17.1. The minimum Gasteiger partial charge on any atom is -0.311 e. The lowest BCUT2D eigenvalue weighted by Gasteiger charge is -2.49. The van der Waals surface area contributed by atoms with Crippen LogP contribution in [0.5, 0.6) is 0 Å². The standard InChI is InChI=1S/C66H64BN3S/c1-63(2,3)44-30-33-48(34-31-44)69-55-41-49(68(46-24-16-12-17-25-46)47-26-18-13-19-27-47)42-56-59(55)67(53-36-35-52-58(61(53)69)66(9,10)39-38-65(52,7)8)62-60(50-28-20-21-29-57(50)71-62)70(56)54-37-32-45(64(4,5)6)40-51(54)43-22-14-11-15-23-43/h11-37,40-42H,38-39H2,1-10H3. The van der Waals surface area contributed by atoms with Crippen LogP contribution in [0, 0.1) is 0 Å². The molecule has 0 saturated carbocycles. The van der Waals surface area contributed by atoms with E-state index >= 15 is 0 Å². The molecule has 0 bridgehead atoms. The molecular weight excluding hydrogens is 878 g/mol. The average Bonchev–Trinajstić information content (AvgIpc) is 3.75. The highest BCUT2D eigenvalue weighted by Crippen LogP contribution is 2.56. The molecule has 2 aliphatic heterocycles. The van der Waals surface area contributed by atoms with Gasteiger partial charge in [-0.05, 0) is 140 Å². The molecule has 0 spiro atoms. The highest BCUT2D eigenvalue weighted by atomic mass is 32.1. The van der Waals surface area contributed by atoms with Crippen molar-refractivity contribution in [3.63, 3.8) is 0 Å². The molecule has 1 aromatic heterocycles. The number of thiophene rings is 1. The number of fused-ring (bicyclic) bond motifs is 8. The topological polar surface area (TPSA) is 9.72 Å². The van der Waals surface area contributed by atoms with Gasteiger partial charge in [0, 0.05) is 54.6 Å². The minimum atomic E-state index is -0.0685. The molecule has 8 aromatic carbocycles. The molecule has 352 valence electrons. The first-order valence-corrected chi connectivity index (χ1v) is 26.5. The lowest BCUT2D eigenvalue weighted by Crippen LogP contribution is -2.61. The number of para-hydroxylation sites is 2.